The number of nitrogens with two attached hydrogens (primary N) is 1. The highest BCUT2D eigenvalue weighted by molar-refractivity contribution is 6.65. The number of benzene rings is 1. The minimum absolute atomic E-state index is 0.0456. The lowest BCUT2D eigenvalue weighted by molar-refractivity contribution is -0.149. The number of carboxylic acids is 1. The molecule has 5 atom stereocenters. The highest BCUT2D eigenvalue weighted by Crippen LogP contribution is 2.11. The maximum atomic E-state index is 13.3. The Morgan fingerprint density at radius 1 is 0.809 bits per heavy atom. The van der Waals surface area contributed by atoms with E-state index in [9.17, 15) is 53.4 Å². The SMILES string of the molecule is COC(=O)C(=O)C(=O)c1ccc(CC(NC(C)=O)C(=O)N[C@@H](CCC(=O)O)C(=O)N[C@H](C(=O)N[C@@H](CC(C)C)C(N)=O)[C@@H](C)O)cc1. The first-order valence-electron chi connectivity index (χ1n) is 14.5. The number of aliphatic hydroxyl groups is 1. The molecule has 0 bridgehead atoms. The average molecular weight is 664 g/mol. The molecule has 17 nitrogen and oxygen atoms in total. The van der Waals surface area contributed by atoms with Crippen LogP contribution in [-0.4, -0.2) is 101 Å². The number of hydrogen-bond acceptors (Lipinski definition) is 11. The number of methoxy groups -OCH3 is 1. The van der Waals surface area contributed by atoms with Gasteiger partial charge in [0.05, 0.1) is 13.2 Å². The van der Waals surface area contributed by atoms with Gasteiger partial charge in [-0.2, -0.15) is 0 Å². The monoisotopic (exact) mass is 663 g/mol. The highest BCUT2D eigenvalue weighted by atomic mass is 16.5. The molecule has 17 heteroatoms. The number of nitrogens with one attached hydrogen (secondary N) is 4. The highest BCUT2D eigenvalue weighted by Gasteiger charge is 2.33. The summed E-state index contributed by atoms with van der Waals surface area (Å²) < 4.78 is 4.25. The molecule has 1 unspecified atom stereocenters. The molecule has 1 rings (SSSR count). The smallest absolute Gasteiger partial charge is 0.383 e. The van der Waals surface area contributed by atoms with Gasteiger partial charge in [-0.25, -0.2) is 4.79 Å². The molecule has 0 aliphatic carbocycles. The Kier molecular flexibility index (Phi) is 15.8. The molecule has 0 saturated carbocycles. The van der Waals surface area contributed by atoms with Crippen LogP contribution in [0.4, 0.5) is 0 Å². The van der Waals surface area contributed by atoms with Crippen LogP contribution in [0.3, 0.4) is 0 Å². The molecule has 0 aliphatic rings. The number of ether oxygens (including phenoxy) is 1. The van der Waals surface area contributed by atoms with Crippen molar-refractivity contribution in [1.29, 1.82) is 0 Å². The standard InChI is InChI=1S/C30H41N5O12/c1-14(2)12-20(26(31)42)34-29(45)23(15(3)36)35-27(43)19(10-11-22(38)39)33-28(44)21(32-16(4)37)13-17-6-8-18(9-7-17)24(40)25(41)30(46)47-5/h6-9,14-15,19-21,23,36H,10-13H2,1-5H3,(H2,31,42)(H,32,37)(H,33,44)(H,34,45)(H,35,43)(H,38,39)/t15-,19+,20+,21?,23+/m1/s1. The molecular formula is C30H41N5O12. The Morgan fingerprint density at radius 2 is 1.36 bits per heavy atom. The Bertz CT molecular complexity index is 1360. The maximum Gasteiger partial charge on any atom is 0.383 e. The predicted molar refractivity (Wildman–Crippen MR) is 162 cm³/mol. The second-order valence-corrected chi connectivity index (χ2v) is 11.1. The van der Waals surface area contributed by atoms with Gasteiger partial charge in [0.25, 0.3) is 0 Å². The summed E-state index contributed by atoms with van der Waals surface area (Å²) in [5.74, 6) is -9.60. The number of esters is 1. The normalized spacial score (nSPS) is 13.9. The molecule has 1 aromatic rings. The van der Waals surface area contributed by atoms with Gasteiger partial charge in [0.1, 0.15) is 24.2 Å². The van der Waals surface area contributed by atoms with E-state index in [4.69, 9.17) is 5.73 Å². The third-order valence-electron chi connectivity index (χ3n) is 6.64. The number of aliphatic carboxylic acids is 1. The number of carbonyl (C=O) groups excluding carboxylic acids is 8. The van der Waals surface area contributed by atoms with Crippen molar-refractivity contribution in [2.75, 3.05) is 7.11 Å². The number of aliphatic hydroxyl groups excluding tert-OH is 1. The van der Waals surface area contributed by atoms with E-state index in [1.807, 2.05) is 0 Å². The van der Waals surface area contributed by atoms with Crippen molar-refractivity contribution in [2.24, 2.45) is 11.7 Å². The van der Waals surface area contributed by atoms with Gasteiger partial charge in [-0.15, -0.1) is 0 Å². The first-order chi connectivity index (χ1) is 21.9. The molecule has 1 aromatic carbocycles. The Balaban J connectivity index is 3.20. The van der Waals surface area contributed by atoms with Gasteiger partial charge < -0.3 is 42.0 Å². The van der Waals surface area contributed by atoms with E-state index in [1.54, 1.807) is 13.8 Å². The fourth-order valence-electron chi connectivity index (χ4n) is 4.25. The van der Waals surface area contributed by atoms with Crippen LogP contribution in [0.15, 0.2) is 24.3 Å². The number of carboxylic acid groups (broad SMARTS) is 1. The molecule has 0 saturated heterocycles. The van der Waals surface area contributed by atoms with Gasteiger partial charge in [-0.3, -0.25) is 38.4 Å². The molecule has 0 aromatic heterocycles. The zero-order chi connectivity index (χ0) is 36.0. The maximum absolute atomic E-state index is 13.3. The number of amides is 5. The summed E-state index contributed by atoms with van der Waals surface area (Å²) in [6, 6.07) is -0.463. The third-order valence-corrected chi connectivity index (χ3v) is 6.64. The third kappa shape index (κ3) is 13.4. The minimum Gasteiger partial charge on any atom is -0.481 e. The topological polar surface area (TPSA) is 277 Å². The van der Waals surface area contributed by atoms with Crippen LogP contribution in [0, 0.1) is 5.92 Å². The fraction of sp³-hybridized carbons (Fsp3) is 0.500. The van der Waals surface area contributed by atoms with Crippen LogP contribution in [0.1, 0.15) is 62.9 Å². The summed E-state index contributed by atoms with van der Waals surface area (Å²) in [5, 5.41) is 28.9. The summed E-state index contributed by atoms with van der Waals surface area (Å²) in [7, 11) is 0.942. The minimum atomic E-state index is -1.63. The molecule has 258 valence electrons. The van der Waals surface area contributed by atoms with Crippen molar-refractivity contribution < 1.29 is 58.1 Å². The first-order valence-corrected chi connectivity index (χ1v) is 14.5. The van der Waals surface area contributed by atoms with E-state index in [0.717, 1.165) is 14.0 Å². The van der Waals surface area contributed by atoms with E-state index < -0.39 is 96.2 Å². The van der Waals surface area contributed by atoms with Crippen LogP contribution < -0.4 is 27.0 Å². The number of primary amides is 1. The van der Waals surface area contributed by atoms with Gasteiger partial charge in [-0.05, 0) is 31.2 Å². The van der Waals surface area contributed by atoms with Crippen LogP contribution in [0.5, 0.6) is 0 Å². The van der Waals surface area contributed by atoms with Crippen molar-refractivity contribution in [3.8, 4) is 0 Å². The number of ketones is 2. The van der Waals surface area contributed by atoms with Crippen LogP contribution in [0.25, 0.3) is 0 Å². The number of rotatable bonds is 19. The van der Waals surface area contributed by atoms with Gasteiger partial charge in [0.2, 0.25) is 35.3 Å². The van der Waals surface area contributed by atoms with E-state index in [1.165, 1.54) is 31.2 Å². The van der Waals surface area contributed by atoms with Crippen molar-refractivity contribution in [3.63, 3.8) is 0 Å². The first kappa shape index (κ1) is 39.8. The number of carbonyl (C=O) groups is 9. The van der Waals surface area contributed by atoms with Gasteiger partial charge in [-0.1, -0.05) is 38.1 Å². The summed E-state index contributed by atoms with van der Waals surface area (Å²) in [6.07, 6.45) is -2.55. The van der Waals surface area contributed by atoms with Crippen LogP contribution >= 0.6 is 0 Å². The lowest BCUT2D eigenvalue weighted by Crippen LogP contribution is -2.60. The van der Waals surface area contributed by atoms with Crippen molar-refractivity contribution in [2.45, 2.75) is 83.6 Å². The summed E-state index contributed by atoms with van der Waals surface area (Å²) in [4.78, 5) is 110. The molecular weight excluding hydrogens is 622 g/mol. The number of Topliss-reactive ketones (excluding diaryl/α,β-unsaturated/α-hetero) is 2. The molecule has 5 amide bonds. The predicted octanol–water partition coefficient (Wildman–Crippen LogP) is -2.11. The quantitative estimate of drug-likeness (QED) is 0.0363. The van der Waals surface area contributed by atoms with Crippen molar-refractivity contribution >= 4 is 53.0 Å². The van der Waals surface area contributed by atoms with E-state index >= 15 is 0 Å². The molecule has 0 heterocycles. The zero-order valence-corrected chi connectivity index (χ0v) is 26.7. The summed E-state index contributed by atoms with van der Waals surface area (Å²) in [5.41, 5.74) is 5.60. The Morgan fingerprint density at radius 3 is 1.83 bits per heavy atom. The molecule has 0 radical (unpaired) electrons. The van der Waals surface area contributed by atoms with Crippen LogP contribution in [-0.2, 0) is 49.5 Å². The lowest BCUT2D eigenvalue weighted by Gasteiger charge is -2.27. The second kappa shape index (κ2) is 18.7. The summed E-state index contributed by atoms with van der Waals surface area (Å²) in [6.45, 7) is 5.88. The van der Waals surface area contributed by atoms with E-state index in [2.05, 4.69) is 26.0 Å². The Labute approximate surface area is 270 Å². The van der Waals surface area contributed by atoms with E-state index in [-0.39, 0.29) is 24.3 Å². The number of hydrogen-bond donors (Lipinski definition) is 7. The van der Waals surface area contributed by atoms with E-state index in [0.29, 0.717) is 5.56 Å². The Hall–Kier alpha value is -5.19. The zero-order valence-electron chi connectivity index (χ0n) is 26.7. The second-order valence-electron chi connectivity index (χ2n) is 11.1. The van der Waals surface area contributed by atoms with Crippen molar-refractivity contribution in [1.82, 2.24) is 21.3 Å². The van der Waals surface area contributed by atoms with Crippen LogP contribution in [0.2, 0.25) is 0 Å². The average Bonchev–Trinajstić information content (AvgIpc) is 2.99. The largest absolute Gasteiger partial charge is 0.481 e. The molecule has 47 heavy (non-hydrogen) atoms. The lowest BCUT2D eigenvalue weighted by atomic mass is 10.00. The van der Waals surface area contributed by atoms with Crippen molar-refractivity contribution in [3.05, 3.63) is 35.4 Å². The molecule has 0 spiro atoms. The summed E-state index contributed by atoms with van der Waals surface area (Å²) >= 11 is 0. The fourth-order valence-corrected chi connectivity index (χ4v) is 4.25. The van der Waals surface area contributed by atoms with Gasteiger partial charge in [0, 0.05) is 25.3 Å². The molecule has 8 N–H and O–H groups in total. The van der Waals surface area contributed by atoms with Gasteiger partial charge in [0.15, 0.2) is 0 Å². The molecule has 0 fully saturated rings. The van der Waals surface area contributed by atoms with Gasteiger partial charge >= 0.3 is 17.7 Å². The molecule has 0 aliphatic heterocycles.